The summed E-state index contributed by atoms with van der Waals surface area (Å²) in [7, 11) is 0. The van der Waals surface area contributed by atoms with Crippen LogP contribution in [0.5, 0.6) is 0 Å². The van der Waals surface area contributed by atoms with Gasteiger partial charge in [-0.25, -0.2) is 0 Å². The lowest BCUT2D eigenvalue weighted by molar-refractivity contribution is -0.147. The molecule has 0 fully saturated rings. The summed E-state index contributed by atoms with van der Waals surface area (Å²) in [5, 5.41) is 0. The van der Waals surface area contributed by atoms with Crippen molar-refractivity contribution in [3.63, 3.8) is 0 Å². The number of hydrogen-bond acceptors (Lipinski definition) is 3. The SMILES string of the molecule is CCC(CCC(C)(C)N)C(=O)OC/C=C(\C)CCC=C(C)C. The standard InChI is InChI=1S/C19H35NO2/c1-7-17(11-13-19(5,6)20)18(21)22-14-12-16(4)10-8-9-15(2)3/h9,12,17H,7-8,10-11,13-14,20H2,1-6H3/b16-12+. The Bertz CT molecular complexity index is 385. The Morgan fingerprint density at radius 3 is 2.36 bits per heavy atom. The Morgan fingerprint density at radius 2 is 1.86 bits per heavy atom. The predicted octanol–water partition coefficient (Wildman–Crippen LogP) is 4.77. The normalized spacial score (nSPS) is 13.7. The second kappa shape index (κ2) is 10.6. The Kier molecular flexibility index (Phi) is 10.1. The van der Waals surface area contributed by atoms with Gasteiger partial charge in [-0.05, 0) is 72.8 Å². The first-order chi connectivity index (χ1) is 10.2. The molecular formula is C19H35NO2. The van der Waals surface area contributed by atoms with Crippen molar-refractivity contribution in [2.24, 2.45) is 11.7 Å². The van der Waals surface area contributed by atoms with E-state index >= 15 is 0 Å². The summed E-state index contributed by atoms with van der Waals surface area (Å²) in [6.45, 7) is 12.7. The van der Waals surface area contributed by atoms with Crippen molar-refractivity contribution in [1.29, 1.82) is 0 Å². The van der Waals surface area contributed by atoms with Crippen molar-refractivity contribution in [1.82, 2.24) is 0 Å². The van der Waals surface area contributed by atoms with Crippen LogP contribution in [0.2, 0.25) is 0 Å². The van der Waals surface area contributed by atoms with Gasteiger partial charge < -0.3 is 10.5 Å². The highest BCUT2D eigenvalue weighted by atomic mass is 16.5. The molecule has 128 valence electrons. The molecule has 0 aliphatic carbocycles. The smallest absolute Gasteiger partial charge is 0.309 e. The van der Waals surface area contributed by atoms with Crippen molar-refractivity contribution in [3.05, 3.63) is 23.3 Å². The summed E-state index contributed by atoms with van der Waals surface area (Å²) in [6, 6.07) is 0. The van der Waals surface area contributed by atoms with Crippen LogP contribution in [0, 0.1) is 5.92 Å². The zero-order valence-electron chi connectivity index (χ0n) is 15.4. The molecule has 3 heteroatoms. The number of ether oxygens (including phenoxy) is 1. The fourth-order valence-electron chi connectivity index (χ4n) is 2.11. The van der Waals surface area contributed by atoms with Crippen LogP contribution in [0.1, 0.15) is 73.6 Å². The van der Waals surface area contributed by atoms with Gasteiger partial charge in [0.15, 0.2) is 0 Å². The van der Waals surface area contributed by atoms with Gasteiger partial charge in [0, 0.05) is 5.54 Å². The topological polar surface area (TPSA) is 52.3 Å². The van der Waals surface area contributed by atoms with Crippen LogP contribution in [-0.4, -0.2) is 18.1 Å². The fraction of sp³-hybridized carbons (Fsp3) is 0.737. The number of allylic oxidation sites excluding steroid dienone is 3. The number of carbonyl (C=O) groups is 1. The Morgan fingerprint density at radius 1 is 1.23 bits per heavy atom. The summed E-state index contributed by atoms with van der Waals surface area (Å²) < 4.78 is 5.39. The Balaban J connectivity index is 4.15. The van der Waals surface area contributed by atoms with Gasteiger partial charge in [-0.2, -0.15) is 0 Å². The molecule has 0 radical (unpaired) electrons. The van der Waals surface area contributed by atoms with Crippen LogP contribution in [0.3, 0.4) is 0 Å². The molecule has 0 bridgehead atoms. The lowest BCUT2D eigenvalue weighted by atomic mass is 9.92. The lowest BCUT2D eigenvalue weighted by Crippen LogP contribution is -2.33. The maximum atomic E-state index is 12.1. The molecule has 0 heterocycles. The van der Waals surface area contributed by atoms with E-state index in [1.165, 1.54) is 11.1 Å². The monoisotopic (exact) mass is 309 g/mol. The number of esters is 1. The molecule has 0 saturated carbocycles. The minimum absolute atomic E-state index is 0.0396. The average molecular weight is 309 g/mol. The molecule has 0 amide bonds. The zero-order chi connectivity index (χ0) is 17.2. The second-order valence-electron chi connectivity index (χ2n) is 7.13. The van der Waals surface area contributed by atoms with E-state index in [-0.39, 0.29) is 17.4 Å². The molecule has 1 unspecified atom stereocenters. The summed E-state index contributed by atoms with van der Waals surface area (Å²) in [5.74, 6) is -0.137. The van der Waals surface area contributed by atoms with Crippen molar-refractivity contribution >= 4 is 5.97 Å². The number of hydrogen-bond donors (Lipinski definition) is 1. The number of rotatable bonds is 10. The Hall–Kier alpha value is -1.09. The van der Waals surface area contributed by atoms with Gasteiger partial charge in [-0.3, -0.25) is 4.79 Å². The van der Waals surface area contributed by atoms with Gasteiger partial charge in [0.2, 0.25) is 0 Å². The summed E-state index contributed by atoms with van der Waals surface area (Å²) >= 11 is 0. The number of nitrogens with two attached hydrogens (primary N) is 1. The van der Waals surface area contributed by atoms with E-state index in [1.54, 1.807) is 0 Å². The molecule has 0 aliphatic rings. The predicted molar refractivity (Wildman–Crippen MR) is 94.7 cm³/mol. The van der Waals surface area contributed by atoms with E-state index in [0.717, 1.165) is 32.1 Å². The molecule has 0 aromatic rings. The van der Waals surface area contributed by atoms with Crippen molar-refractivity contribution in [3.8, 4) is 0 Å². The minimum Gasteiger partial charge on any atom is -0.461 e. The van der Waals surface area contributed by atoms with E-state index in [4.69, 9.17) is 10.5 Å². The molecule has 0 aromatic heterocycles. The van der Waals surface area contributed by atoms with Crippen LogP contribution in [0.15, 0.2) is 23.3 Å². The highest BCUT2D eigenvalue weighted by Crippen LogP contribution is 2.18. The van der Waals surface area contributed by atoms with Gasteiger partial charge in [0.05, 0.1) is 5.92 Å². The summed E-state index contributed by atoms with van der Waals surface area (Å²) in [6.07, 6.45) is 8.73. The van der Waals surface area contributed by atoms with E-state index in [9.17, 15) is 4.79 Å². The van der Waals surface area contributed by atoms with Crippen molar-refractivity contribution in [2.75, 3.05) is 6.61 Å². The molecular weight excluding hydrogens is 274 g/mol. The van der Waals surface area contributed by atoms with Gasteiger partial charge in [0.25, 0.3) is 0 Å². The van der Waals surface area contributed by atoms with Crippen LogP contribution >= 0.6 is 0 Å². The first-order valence-electron chi connectivity index (χ1n) is 8.40. The van der Waals surface area contributed by atoms with E-state index < -0.39 is 0 Å². The molecule has 2 N–H and O–H groups in total. The maximum absolute atomic E-state index is 12.1. The molecule has 0 aliphatic heterocycles. The van der Waals surface area contributed by atoms with Crippen LogP contribution in [0.4, 0.5) is 0 Å². The van der Waals surface area contributed by atoms with E-state index in [1.807, 2.05) is 26.8 Å². The first kappa shape index (κ1) is 20.9. The van der Waals surface area contributed by atoms with Crippen molar-refractivity contribution in [2.45, 2.75) is 79.2 Å². The largest absolute Gasteiger partial charge is 0.461 e. The van der Waals surface area contributed by atoms with E-state index in [2.05, 4.69) is 26.8 Å². The van der Waals surface area contributed by atoms with Crippen LogP contribution in [0.25, 0.3) is 0 Å². The van der Waals surface area contributed by atoms with Gasteiger partial charge >= 0.3 is 5.97 Å². The molecule has 3 nitrogen and oxygen atoms in total. The third kappa shape index (κ3) is 11.6. The minimum atomic E-state index is -0.227. The van der Waals surface area contributed by atoms with Gasteiger partial charge in [0.1, 0.15) is 6.61 Å². The summed E-state index contributed by atoms with van der Waals surface area (Å²) in [5.41, 5.74) is 8.36. The van der Waals surface area contributed by atoms with Gasteiger partial charge in [-0.15, -0.1) is 0 Å². The maximum Gasteiger partial charge on any atom is 0.309 e. The number of carbonyl (C=O) groups excluding carboxylic acids is 1. The van der Waals surface area contributed by atoms with Crippen LogP contribution < -0.4 is 5.73 Å². The fourth-order valence-corrected chi connectivity index (χ4v) is 2.11. The molecule has 0 aromatic carbocycles. The summed E-state index contributed by atoms with van der Waals surface area (Å²) in [4.78, 5) is 12.1. The van der Waals surface area contributed by atoms with E-state index in [0.29, 0.717) is 6.61 Å². The first-order valence-corrected chi connectivity index (χ1v) is 8.40. The van der Waals surface area contributed by atoms with Gasteiger partial charge in [-0.1, -0.05) is 24.1 Å². The quantitative estimate of drug-likeness (QED) is 0.467. The molecule has 0 saturated heterocycles. The third-order valence-corrected chi connectivity index (χ3v) is 3.71. The average Bonchev–Trinajstić information content (AvgIpc) is 2.37. The highest BCUT2D eigenvalue weighted by Gasteiger charge is 2.21. The molecule has 22 heavy (non-hydrogen) atoms. The highest BCUT2D eigenvalue weighted by molar-refractivity contribution is 5.72. The Labute approximate surface area is 137 Å². The van der Waals surface area contributed by atoms with Crippen LogP contribution in [-0.2, 0) is 9.53 Å². The molecule has 0 spiro atoms. The second-order valence-corrected chi connectivity index (χ2v) is 7.13. The molecule has 0 rings (SSSR count). The zero-order valence-corrected chi connectivity index (χ0v) is 15.4. The third-order valence-electron chi connectivity index (χ3n) is 3.71. The molecule has 1 atom stereocenters. The van der Waals surface area contributed by atoms with Crippen molar-refractivity contribution < 1.29 is 9.53 Å². The lowest BCUT2D eigenvalue weighted by Gasteiger charge is -2.21.